The number of carbonyl (C=O) groups is 1. The second-order valence-corrected chi connectivity index (χ2v) is 4.82. The van der Waals surface area contributed by atoms with E-state index in [-0.39, 0.29) is 11.9 Å². The van der Waals surface area contributed by atoms with E-state index in [4.69, 9.17) is 10.5 Å². The van der Waals surface area contributed by atoms with Crippen LogP contribution in [0.3, 0.4) is 0 Å². The number of carbonyl (C=O) groups excluding carboxylic acids is 1. The Morgan fingerprint density at radius 2 is 1.94 bits per heavy atom. The van der Waals surface area contributed by atoms with Gasteiger partial charge in [-0.3, -0.25) is 4.79 Å². The van der Waals surface area contributed by atoms with E-state index in [1.165, 1.54) is 4.90 Å². The van der Waals surface area contributed by atoms with Crippen LogP contribution in [0, 0.1) is 6.92 Å². The summed E-state index contributed by atoms with van der Waals surface area (Å²) in [6.07, 6.45) is -0.515. The van der Waals surface area contributed by atoms with Gasteiger partial charge in [-0.1, -0.05) is 12.1 Å². The molecule has 4 nitrogen and oxygen atoms in total. The minimum Gasteiger partial charge on any atom is -0.481 e. The number of rotatable bonds is 4. The maximum absolute atomic E-state index is 11.8. The molecule has 0 saturated heterocycles. The second-order valence-electron chi connectivity index (χ2n) is 4.82. The highest BCUT2D eigenvalue weighted by atomic mass is 16.5. The van der Waals surface area contributed by atoms with Gasteiger partial charge >= 0.3 is 0 Å². The number of likely N-dealkylation sites (N-methyl/N-ethyl adjacent to an activating group) is 1. The largest absolute Gasteiger partial charge is 0.481 e. The molecule has 1 aromatic rings. The Morgan fingerprint density at radius 3 is 2.44 bits per heavy atom. The Bertz CT molecular complexity index is 428. The molecule has 1 amide bonds. The number of aryl methyl sites for hydroxylation is 1. The first-order valence-electron chi connectivity index (χ1n) is 6.07. The number of benzene rings is 1. The quantitative estimate of drug-likeness (QED) is 0.887. The summed E-state index contributed by atoms with van der Waals surface area (Å²) in [6.45, 7) is 5.63. The summed E-state index contributed by atoms with van der Waals surface area (Å²) >= 11 is 0. The molecule has 100 valence electrons. The lowest BCUT2D eigenvalue weighted by atomic mass is 10.1. The van der Waals surface area contributed by atoms with Crippen LogP contribution in [0.4, 0.5) is 0 Å². The van der Waals surface area contributed by atoms with E-state index in [0.717, 1.165) is 11.1 Å². The molecule has 0 radical (unpaired) electrons. The Morgan fingerprint density at radius 1 is 1.33 bits per heavy atom. The third-order valence-corrected chi connectivity index (χ3v) is 2.75. The van der Waals surface area contributed by atoms with Crippen molar-refractivity contribution in [3.8, 4) is 5.75 Å². The van der Waals surface area contributed by atoms with E-state index in [9.17, 15) is 4.79 Å². The number of nitrogens with two attached hydrogens (primary N) is 1. The number of ether oxygens (including phenoxy) is 1. The van der Waals surface area contributed by atoms with Crippen LogP contribution in [-0.4, -0.2) is 31.0 Å². The van der Waals surface area contributed by atoms with Gasteiger partial charge in [-0.05, 0) is 32.4 Å². The normalized spacial score (nSPS) is 13.9. The van der Waals surface area contributed by atoms with E-state index >= 15 is 0 Å². The Kier molecular flexibility index (Phi) is 4.73. The summed E-state index contributed by atoms with van der Waals surface area (Å²) in [4.78, 5) is 13.3. The maximum Gasteiger partial charge on any atom is 0.262 e. The van der Waals surface area contributed by atoms with Gasteiger partial charge in [-0.2, -0.15) is 0 Å². The van der Waals surface area contributed by atoms with Crippen LogP contribution in [0.15, 0.2) is 18.2 Å². The monoisotopic (exact) mass is 250 g/mol. The molecule has 0 heterocycles. The molecule has 0 fully saturated rings. The van der Waals surface area contributed by atoms with Crippen LogP contribution in [-0.2, 0) is 4.79 Å². The molecule has 18 heavy (non-hydrogen) atoms. The van der Waals surface area contributed by atoms with Crippen LogP contribution in [0.5, 0.6) is 5.75 Å². The minimum absolute atomic E-state index is 0.0628. The van der Waals surface area contributed by atoms with E-state index < -0.39 is 6.10 Å². The maximum atomic E-state index is 11.8. The SMILES string of the molecule is Cc1ccc(C(C)N)c(OC(C)C(=O)N(C)C)c1. The first kappa shape index (κ1) is 14.5. The first-order chi connectivity index (χ1) is 8.32. The van der Waals surface area contributed by atoms with Crippen LogP contribution >= 0.6 is 0 Å². The smallest absolute Gasteiger partial charge is 0.262 e. The number of hydrogen-bond donors (Lipinski definition) is 1. The van der Waals surface area contributed by atoms with E-state index in [2.05, 4.69) is 0 Å². The summed E-state index contributed by atoms with van der Waals surface area (Å²) in [5, 5.41) is 0. The lowest BCUT2D eigenvalue weighted by Crippen LogP contribution is -2.35. The lowest BCUT2D eigenvalue weighted by molar-refractivity contribution is -0.135. The minimum atomic E-state index is -0.515. The highest BCUT2D eigenvalue weighted by Crippen LogP contribution is 2.26. The van der Waals surface area contributed by atoms with Crippen molar-refractivity contribution in [3.05, 3.63) is 29.3 Å². The van der Waals surface area contributed by atoms with Crippen molar-refractivity contribution in [3.63, 3.8) is 0 Å². The van der Waals surface area contributed by atoms with Crippen molar-refractivity contribution in [2.75, 3.05) is 14.1 Å². The standard InChI is InChI=1S/C14H22N2O2/c1-9-6-7-12(10(2)15)13(8-9)18-11(3)14(17)16(4)5/h6-8,10-11H,15H2,1-5H3. The summed E-state index contributed by atoms with van der Waals surface area (Å²) in [5.74, 6) is 0.625. The predicted octanol–water partition coefficient (Wildman–Crippen LogP) is 1.87. The van der Waals surface area contributed by atoms with Gasteiger partial charge < -0.3 is 15.4 Å². The van der Waals surface area contributed by atoms with E-state index in [1.807, 2.05) is 32.0 Å². The third kappa shape index (κ3) is 3.47. The summed E-state index contributed by atoms with van der Waals surface area (Å²) in [7, 11) is 3.43. The number of nitrogens with zero attached hydrogens (tertiary/aromatic N) is 1. The van der Waals surface area contributed by atoms with Crippen LogP contribution in [0.2, 0.25) is 0 Å². The fourth-order valence-corrected chi connectivity index (χ4v) is 1.72. The van der Waals surface area contributed by atoms with Gasteiger partial charge in [0.15, 0.2) is 6.10 Å². The van der Waals surface area contributed by atoms with Gasteiger partial charge in [0.25, 0.3) is 5.91 Å². The highest BCUT2D eigenvalue weighted by Gasteiger charge is 2.18. The van der Waals surface area contributed by atoms with Gasteiger partial charge in [0.1, 0.15) is 5.75 Å². The Hall–Kier alpha value is -1.55. The van der Waals surface area contributed by atoms with Crippen molar-refractivity contribution in [2.45, 2.75) is 32.9 Å². The fraction of sp³-hybridized carbons (Fsp3) is 0.500. The highest BCUT2D eigenvalue weighted by molar-refractivity contribution is 5.80. The molecular weight excluding hydrogens is 228 g/mol. The molecule has 4 heteroatoms. The van der Waals surface area contributed by atoms with Crippen molar-refractivity contribution < 1.29 is 9.53 Å². The summed E-state index contributed by atoms with van der Waals surface area (Å²) in [5.41, 5.74) is 7.90. The number of hydrogen-bond acceptors (Lipinski definition) is 3. The molecular formula is C14H22N2O2. The average Bonchev–Trinajstić information content (AvgIpc) is 2.27. The van der Waals surface area contributed by atoms with Gasteiger partial charge in [0.05, 0.1) is 0 Å². The average molecular weight is 250 g/mol. The molecule has 1 aromatic carbocycles. The van der Waals surface area contributed by atoms with Crippen molar-refractivity contribution in [1.82, 2.24) is 4.90 Å². The van der Waals surface area contributed by atoms with E-state index in [0.29, 0.717) is 5.75 Å². The molecule has 0 spiro atoms. The van der Waals surface area contributed by atoms with E-state index in [1.54, 1.807) is 21.0 Å². The second kappa shape index (κ2) is 5.87. The van der Waals surface area contributed by atoms with Crippen LogP contribution in [0.25, 0.3) is 0 Å². The molecule has 0 bridgehead atoms. The Balaban J connectivity index is 2.96. The molecule has 2 unspecified atom stereocenters. The van der Waals surface area contributed by atoms with Gasteiger partial charge in [-0.25, -0.2) is 0 Å². The van der Waals surface area contributed by atoms with Crippen LogP contribution < -0.4 is 10.5 Å². The first-order valence-corrected chi connectivity index (χ1v) is 6.07. The van der Waals surface area contributed by atoms with Crippen molar-refractivity contribution in [2.24, 2.45) is 5.73 Å². The molecule has 0 aliphatic heterocycles. The van der Waals surface area contributed by atoms with Gasteiger partial charge in [0, 0.05) is 25.7 Å². The summed E-state index contributed by atoms with van der Waals surface area (Å²) < 4.78 is 5.74. The molecule has 2 atom stereocenters. The molecule has 0 aliphatic carbocycles. The number of amides is 1. The molecule has 0 aliphatic rings. The van der Waals surface area contributed by atoms with Crippen molar-refractivity contribution >= 4 is 5.91 Å². The van der Waals surface area contributed by atoms with Crippen LogP contribution in [0.1, 0.15) is 31.0 Å². The molecule has 2 N–H and O–H groups in total. The molecule has 0 saturated carbocycles. The zero-order valence-electron chi connectivity index (χ0n) is 11.7. The topological polar surface area (TPSA) is 55.6 Å². The van der Waals surface area contributed by atoms with Gasteiger partial charge in [0.2, 0.25) is 0 Å². The predicted molar refractivity (Wildman–Crippen MR) is 72.6 cm³/mol. The zero-order valence-corrected chi connectivity index (χ0v) is 11.7. The molecule has 0 aromatic heterocycles. The third-order valence-electron chi connectivity index (χ3n) is 2.75. The zero-order chi connectivity index (χ0) is 13.9. The van der Waals surface area contributed by atoms with Crippen molar-refractivity contribution in [1.29, 1.82) is 0 Å². The Labute approximate surface area is 109 Å². The van der Waals surface area contributed by atoms with Gasteiger partial charge in [-0.15, -0.1) is 0 Å². The lowest BCUT2D eigenvalue weighted by Gasteiger charge is -2.21. The fourth-order valence-electron chi connectivity index (χ4n) is 1.72. The molecule has 1 rings (SSSR count). The summed E-state index contributed by atoms with van der Waals surface area (Å²) in [6, 6.07) is 5.73.